The lowest BCUT2D eigenvalue weighted by atomic mass is 9.76. The van der Waals surface area contributed by atoms with Gasteiger partial charge in [0.25, 0.3) is 0 Å². The van der Waals surface area contributed by atoms with Gasteiger partial charge >= 0.3 is 11.9 Å². The summed E-state index contributed by atoms with van der Waals surface area (Å²) in [5, 5.41) is 0. The molecule has 0 spiro atoms. The molecule has 2 saturated carbocycles. The summed E-state index contributed by atoms with van der Waals surface area (Å²) < 4.78 is 12.4. The fourth-order valence-corrected chi connectivity index (χ4v) is 7.51. The Labute approximate surface area is 235 Å². The summed E-state index contributed by atoms with van der Waals surface area (Å²) in [4.78, 5) is 26.3. The molecular weight excluding hydrogens is 496 g/mol. The molecule has 4 aromatic carbocycles. The van der Waals surface area contributed by atoms with Crippen LogP contribution in [0.5, 0.6) is 0 Å². The van der Waals surface area contributed by atoms with Crippen LogP contribution in [0.3, 0.4) is 0 Å². The Kier molecular flexibility index (Phi) is 6.47. The van der Waals surface area contributed by atoms with Crippen molar-refractivity contribution in [2.24, 2.45) is 17.8 Å². The zero-order valence-corrected chi connectivity index (χ0v) is 22.3. The molecule has 6 atom stereocenters. The van der Waals surface area contributed by atoms with Crippen LogP contribution in [0.4, 0.5) is 0 Å². The Morgan fingerprint density at radius 3 is 1.77 bits per heavy atom. The first-order valence-corrected chi connectivity index (χ1v) is 14.3. The molecule has 6 unspecified atom stereocenters. The monoisotopic (exact) mass is 528 g/mol. The van der Waals surface area contributed by atoms with Crippen molar-refractivity contribution in [3.05, 3.63) is 143 Å². The minimum Gasteiger partial charge on any atom is -0.455 e. The third-order valence-corrected chi connectivity index (χ3v) is 9.26. The molecule has 3 aliphatic rings. The quantitative estimate of drug-likeness (QED) is 0.247. The molecule has 40 heavy (non-hydrogen) atoms. The first-order valence-electron chi connectivity index (χ1n) is 14.3. The van der Waals surface area contributed by atoms with Crippen LogP contribution in [0.25, 0.3) is 0 Å². The molecule has 0 radical (unpaired) electrons. The highest BCUT2D eigenvalue weighted by atomic mass is 16.6. The summed E-state index contributed by atoms with van der Waals surface area (Å²) >= 11 is 0. The first kappa shape index (κ1) is 24.8. The highest BCUT2D eigenvalue weighted by Crippen LogP contribution is 2.63. The van der Waals surface area contributed by atoms with Crippen molar-refractivity contribution in [1.29, 1.82) is 0 Å². The molecule has 0 amide bonds. The fraction of sp³-hybridized carbons (Fsp3) is 0.278. The molecule has 0 heterocycles. The van der Waals surface area contributed by atoms with E-state index in [-0.39, 0.29) is 23.8 Å². The number of carbonyl (C=O) groups is 2. The molecule has 4 nitrogen and oxygen atoms in total. The van der Waals surface area contributed by atoms with Gasteiger partial charge in [0.1, 0.15) is 12.2 Å². The van der Waals surface area contributed by atoms with Crippen LogP contribution in [-0.4, -0.2) is 24.1 Å². The van der Waals surface area contributed by atoms with E-state index in [1.807, 2.05) is 36.4 Å². The largest absolute Gasteiger partial charge is 0.455 e. The highest BCUT2D eigenvalue weighted by molar-refractivity contribution is 5.90. The summed E-state index contributed by atoms with van der Waals surface area (Å²) in [7, 11) is 0. The highest BCUT2D eigenvalue weighted by Gasteiger charge is 2.63. The van der Waals surface area contributed by atoms with Gasteiger partial charge in [-0.15, -0.1) is 0 Å². The normalized spacial score (nSPS) is 25.7. The van der Waals surface area contributed by atoms with E-state index in [0.29, 0.717) is 23.0 Å². The lowest BCUT2D eigenvalue weighted by Gasteiger charge is -2.37. The van der Waals surface area contributed by atoms with E-state index in [1.165, 1.54) is 22.3 Å². The molecule has 3 aliphatic carbocycles. The summed E-state index contributed by atoms with van der Waals surface area (Å²) in [6.07, 6.45) is 3.01. The van der Waals surface area contributed by atoms with Gasteiger partial charge in [-0.25, -0.2) is 9.59 Å². The van der Waals surface area contributed by atoms with E-state index in [0.717, 1.165) is 25.7 Å². The number of rotatable bonds is 7. The fourth-order valence-electron chi connectivity index (χ4n) is 7.51. The van der Waals surface area contributed by atoms with Crippen molar-refractivity contribution >= 4 is 11.9 Å². The predicted octanol–water partition coefficient (Wildman–Crippen LogP) is 6.83. The van der Waals surface area contributed by atoms with Gasteiger partial charge in [0.15, 0.2) is 0 Å². The molecule has 2 bridgehead atoms. The Morgan fingerprint density at radius 1 is 0.600 bits per heavy atom. The first-order chi connectivity index (χ1) is 19.7. The van der Waals surface area contributed by atoms with E-state index in [4.69, 9.17) is 9.47 Å². The Bertz CT molecular complexity index is 1510. The van der Waals surface area contributed by atoms with Crippen molar-refractivity contribution in [1.82, 2.24) is 0 Å². The van der Waals surface area contributed by atoms with Gasteiger partial charge in [0.05, 0.1) is 11.1 Å². The number of benzene rings is 4. The maximum Gasteiger partial charge on any atom is 0.338 e. The molecule has 0 aliphatic heterocycles. The van der Waals surface area contributed by atoms with E-state index < -0.39 is 12.2 Å². The second-order valence-corrected chi connectivity index (χ2v) is 11.4. The van der Waals surface area contributed by atoms with Crippen molar-refractivity contribution in [3.8, 4) is 0 Å². The maximum atomic E-state index is 13.2. The van der Waals surface area contributed by atoms with Gasteiger partial charge in [-0.1, -0.05) is 84.9 Å². The van der Waals surface area contributed by atoms with Gasteiger partial charge < -0.3 is 9.47 Å². The van der Waals surface area contributed by atoms with Crippen LogP contribution >= 0.6 is 0 Å². The van der Waals surface area contributed by atoms with Gasteiger partial charge in [-0.2, -0.15) is 0 Å². The molecule has 0 aromatic heterocycles. The number of hydrogen-bond acceptors (Lipinski definition) is 4. The topological polar surface area (TPSA) is 52.6 Å². The van der Waals surface area contributed by atoms with E-state index in [1.54, 1.807) is 24.3 Å². The SMILES string of the molecule is O=C(OC1C2CC(C1OC(=O)c1ccccc1)C1c3ccc(CCc4ccccc4)cc3CC21)c1ccccc1. The van der Waals surface area contributed by atoms with Crippen molar-refractivity contribution in [2.75, 3.05) is 0 Å². The number of carbonyl (C=O) groups excluding carboxylic acids is 2. The second kappa shape index (κ2) is 10.4. The molecule has 7 rings (SSSR count). The van der Waals surface area contributed by atoms with Crippen LogP contribution in [0.1, 0.15) is 55.3 Å². The number of aryl methyl sites for hydroxylation is 2. The van der Waals surface area contributed by atoms with Crippen LogP contribution in [0.2, 0.25) is 0 Å². The summed E-state index contributed by atoms with van der Waals surface area (Å²) in [6.45, 7) is 0. The van der Waals surface area contributed by atoms with E-state index in [2.05, 4.69) is 48.5 Å². The minimum absolute atomic E-state index is 0.132. The number of esters is 2. The zero-order chi connectivity index (χ0) is 27.1. The standard InChI is InChI=1S/C36H32O4/c37-35(25-12-6-2-7-13-25)39-33-30-22-31(34(33)40-36(38)26-14-8-3-9-15-26)32-28-19-18-24(20-27(28)21-29(30)32)17-16-23-10-4-1-5-11-23/h1-15,18-20,29-34H,16-17,21-22H2. The summed E-state index contributed by atoms with van der Waals surface area (Å²) in [6, 6.07) is 35.8. The van der Waals surface area contributed by atoms with E-state index >= 15 is 0 Å². The second-order valence-electron chi connectivity index (χ2n) is 11.4. The molecule has 2 fully saturated rings. The maximum absolute atomic E-state index is 13.2. The predicted molar refractivity (Wildman–Crippen MR) is 153 cm³/mol. The van der Waals surface area contributed by atoms with Crippen molar-refractivity contribution in [3.63, 3.8) is 0 Å². The lowest BCUT2D eigenvalue weighted by Crippen LogP contribution is -2.45. The lowest BCUT2D eigenvalue weighted by molar-refractivity contribution is -0.0698. The van der Waals surface area contributed by atoms with Crippen molar-refractivity contribution < 1.29 is 19.1 Å². The molecule has 0 saturated heterocycles. The van der Waals surface area contributed by atoms with Crippen LogP contribution < -0.4 is 0 Å². The number of fused-ring (bicyclic) bond motifs is 7. The molecular formula is C36H32O4. The van der Waals surface area contributed by atoms with Crippen LogP contribution in [0, 0.1) is 17.8 Å². The van der Waals surface area contributed by atoms with Crippen LogP contribution in [-0.2, 0) is 28.7 Å². The van der Waals surface area contributed by atoms with E-state index in [9.17, 15) is 9.59 Å². The average Bonchev–Trinajstić information content (AvgIpc) is 3.67. The van der Waals surface area contributed by atoms with Gasteiger partial charge in [-0.05, 0) is 84.0 Å². The molecule has 200 valence electrons. The van der Waals surface area contributed by atoms with Gasteiger partial charge in [0, 0.05) is 11.8 Å². The average molecular weight is 529 g/mol. The Morgan fingerprint density at radius 2 is 1.15 bits per heavy atom. The molecule has 0 N–H and O–H groups in total. The number of hydrogen-bond donors (Lipinski definition) is 0. The molecule has 4 heteroatoms. The Balaban J connectivity index is 1.14. The van der Waals surface area contributed by atoms with Crippen molar-refractivity contribution in [2.45, 2.75) is 43.8 Å². The zero-order valence-electron chi connectivity index (χ0n) is 22.3. The summed E-state index contributed by atoms with van der Waals surface area (Å²) in [5.74, 6) is 0.302. The third-order valence-electron chi connectivity index (χ3n) is 9.26. The number of ether oxygens (including phenoxy) is 2. The van der Waals surface area contributed by atoms with Gasteiger partial charge in [0.2, 0.25) is 0 Å². The van der Waals surface area contributed by atoms with Gasteiger partial charge in [-0.3, -0.25) is 0 Å². The summed E-state index contributed by atoms with van der Waals surface area (Å²) in [5.41, 5.74) is 6.53. The smallest absolute Gasteiger partial charge is 0.338 e. The van der Waals surface area contributed by atoms with Crippen LogP contribution in [0.15, 0.2) is 109 Å². The third kappa shape index (κ3) is 4.52. The minimum atomic E-state index is -0.463. The molecule has 4 aromatic rings. The Hall–Kier alpha value is -4.18.